The van der Waals surface area contributed by atoms with Gasteiger partial charge in [0.2, 0.25) is 0 Å². The fourth-order valence-corrected chi connectivity index (χ4v) is 2.94. The average molecular weight is 288 g/mol. The number of hydrogen-bond acceptors (Lipinski definition) is 2. The molecule has 4 heteroatoms. The Morgan fingerprint density at radius 2 is 2.14 bits per heavy atom. The predicted octanol–water partition coefficient (Wildman–Crippen LogP) is 3.82. The molecule has 0 radical (unpaired) electrons. The zero-order valence-corrected chi connectivity index (χ0v) is 12.4. The third kappa shape index (κ3) is 3.49. The van der Waals surface area contributed by atoms with Gasteiger partial charge in [0.25, 0.3) is 5.56 Å². The number of halogens is 1. The minimum absolute atomic E-state index is 0.191. The van der Waals surface area contributed by atoms with Crippen molar-refractivity contribution < 1.29 is 4.39 Å². The molecule has 2 aromatic rings. The van der Waals surface area contributed by atoms with E-state index in [0.717, 1.165) is 24.7 Å². The summed E-state index contributed by atoms with van der Waals surface area (Å²) in [7, 11) is 0. The minimum Gasteiger partial charge on any atom is -0.319 e. The third-order valence-corrected chi connectivity index (χ3v) is 4.49. The van der Waals surface area contributed by atoms with Crippen molar-refractivity contribution in [1.82, 2.24) is 9.97 Å². The van der Waals surface area contributed by atoms with Gasteiger partial charge in [0, 0.05) is 0 Å². The summed E-state index contributed by atoms with van der Waals surface area (Å²) in [5.41, 5.74) is 1.49. The first-order valence-electron chi connectivity index (χ1n) is 7.82. The Hall–Kier alpha value is -1.71. The molecular weight excluding hydrogens is 267 g/mol. The summed E-state index contributed by atoms with van der Waals surface area (Å²) in [5.74, 6) is 1.51. The molecule has 1 aliphatic carbocycles. The third-order valence-electron chi connectivity index (χ3n) is 4.49. The normalized spacial score (nSPS) is 20.9. The van der Waals surface area contributed by atoms with Gasteiger partial charge in [-0.25, -0.2) is 9.37 Å². The number of benzene rings is 1. The topological polar surface area (TPSA) is 45.8 Å². The second kappa shape index (κ2) is 5.96. The predicted molar refractivity (Wildman–Crippen MR) is 81.8 cm³/mol. The van der Waals surface area contributed by atoms with Crippen LogP contribution < -0.4 is 5.56 Å². The van der Waals surface area contributed by atoms with E-state index in [0.29, 0.717) is 23.1 Å². The van der Waals surface area contributed by atoms with Gasteiger partial charge in [0.05, 0.1) is 11.0 Å². The van der Waals surface area contributed by atoms with E-state index in [1.165, 1.54) is 31.4 Å². The van der Waals surface area contributed by atoms with Crippen LogP contribution in [0.25, 0.3) is 11.0 Å². The summed E-state index contributed by atoms with van der Waals surface area (Å²) < 4.78 is 13.1. The van der Waals surface area contributed by atoms with Crippen molar-refractivity contribution in [3.8, 4) is 0 Å². The smallest absolute Gasteiger partial charge is 0.270 e. The van der Waals surface area contributed by atoms with Gasteiger partial charge < -0.3 is 4.98 Å². The zero-order chi connectivity index (χ0) is 14.8. The van der Waals surface area contributed by atoms with Crippen LogP contribution in [0.4, 0.5) is 4.39 Å². The molecule has 112 valence electrons. The van der Waals surface area contributed by atoms with Crippen LogP contribution in [0, 0.1) is 17.7 Å². The molecule has 1 aliphatic rings. The molecule has 1 aromatic carbocycles. The number of fused-ring (bicyclic) bond motifs is 1. The lowest BCUT2D eigenvalue weighted by atomic mass is 10.1. The molecule has 1 aromatic heterocycles. The second-order valence-electron chi connectivity index (χ2n) is 6.25. The lowest BCUT2D eigenvalue weighted by molar-refractivity contribution is 0.579. The Morgan fingerprint density at radius 1 is 1.33 bits per heavy atom. The van der Waals surface area contributed by atoms with E-state index in [4.69, 9.17) is 0 Å². The molecule has 2 atom stereocenters. The maximum Gasteiger partial charge on any atom is 0.270 e. The fourth-order valence-electron chi connectivity index (χ4n) is 2.94. The second-order valence-corrected chi connectivity index (χ2v) is 6.25. The van der Waals surface area contributed by atoms with E-state index in [1.54, 1.807) is 6.07 Å². The summed E-state index contributed by atoms with van der Waals surface area (Å²) in [5, 5.41) is 0. The first-order chi connectivity index (χ1) is 10.1. The molecule has 0 saturated heterocycles. The summed E-state index contributed by atoms with van der Waals surface area (Å²) in [6.45, 7) is 2.31. The van der Waals surface area contributed by atoms with Gasteiger partial charge in [0.1, 0.15) is 11.5 Å². The van der Waals surface area contributed by atoms with E-state index in [9.17, 15) is 9.18 Å². The van der Waals surface area contributed by atoms with Crippen molar-refractivity contribution in [3.63, 3.8) is 0 Å². The van der Waals surface area contributed by atoms with Gasteiger partial charge in [-0.2, -0.15) is 0 Å². The summed E-state index contributed by atoms with van der Waals surface area (Å²) in [6, 6.07) is 4.29. The van der Waals surface area contributed by atoms with Crippen molar-refractivity contribution in [3.05, 3.63) is 40.1 Å². The molecule has 0 bridgehead atoms. The minimum atomic E-state index is -0.359. The Morgan fingerprint density at radius 3 is 2.90 bits per heavy atom. The highest BCUT2D eigenvalue weighted by molar-refractivity contribution is 5.73. The molecule has 0 spiro atoms. The highest BCUT2D eigenvalue weighted by atomic mass is 19.1. The number of unbranched alkanes of at least 4 members (excludes halogenated alkanes) is 2. The molecule has 1 N–H and O–H groups in total. The average Bonchev–Trinajstić information content (AvgIpc) is 3.15. The highest BCUT2D eigenvalue weighted by Gasteiger charge is 2.31. The summed E-state index contributed by atoms with van der Waals surface area (Å²) in [4.78, 5) is 19.0. The van der Waals surface area contributed by atoms with Crippen molar-refractivity contribution in [2.24, 2.45) is 11.8 Å². The lowest BCUT2D eigenvalue weighted by Gasteiger charge is -2.03. The quantitative estimate of drug-likeness (QED) is 0.821. The highest BCUT2D eigenvalue weighted by Crippen LogP contribution is 2.41. The first-order valence-corrected chi connectivity index (χ1v) is 7.82. The number of nitrogens with one attached hydrogen (secondary N) is 1. The number of rotatable bonds is 6. The standard InChI is InChI=1S/C17H21FN2O/c1-11-9-12(11)5-3-2-4-6-15-17(21)20-16-10-13(18)7-8-14(16)19-15/h7-8,10-12H,2-6,9H2,1H3,(H,20,21)/t11?,12-/m1/s1. The maximum atomic E-state index is 13.1. The van der Waals surface area contributed by atoms with Gasteiger partial charge in [0.15, 0.2) is 0 Å². The van der Waals surface area contributed by atoms with Gasteiger partial charge in [-0.3, -0.25) is 4.79 Å². The van der Waals surface area contributed by atoms with Crippen LogP contribution >= 0.6 is 0 Å². The monoisotopic (exact) mass is 288 g/mol. The summed E-state index contributed by atoms with van der Waals surface area (Å²) in [6.07, 6.45) is 6.79. The van der Waals surface area contributed by atoms with E-state index in [2.05, 4.69) is 16.9 Å². The molecule has 1 unspecified atom stereocenters. The molecule has 1 saturated carbocycles. The number of hydrogen-bond donors (Lipinski definition) is 1. The van der Waals surface area contributed by atoms with E-state index < -0.39 is 0 Å². The van der Waals surface area contributed by atoms with Crippen LogP contribution in [0.2, 0.25) is 0 Å². The van der Waals surface area contributed by atoms with Crippen LogP contribution in [-0.4, -0.2) is 9.97 Å². The maximum absolute atomic E-state index is 13.1. The number of H-pyrrole nitrogens is 1. The van der Waals surface area contributed by atoms with E-state index in [-0.39, 0.29) is 11.4 Å². The molecular formula is C17H21FN2O. The molecule has 1 fully saturated rings. The molecule has 0 amide bonds. The van der Waals surface area contributed by atoms with Gasteiger partial charge in [-0.05, 0) is 49.3 Å². The Kier molecular flexibility index (Phi) is 4.04. The Labute approximate surface area is 123 Å². The fraction of sp³-hybridized carbons (Fsp3) is 0.529. The molecule has 0 aliphatic heterocycles. The van der Waals surface area contributed by atoms with Crippen molar-refractivity contribution in [1.29, 1.82) is 0 Å². The zero-order valence-electron chi connectivity index (χ0n) is 12.4. The lowest BCUT2D eigenvalue weighted by Crippen LogP contribution is -2.15. The molecule has 21 heavy (non-hydrogen) atoms. The molecule has 3 rings (SSSR count). The van der Waals surface area contributed by atoms with Gasteiger partial charge >= 0.3 is 0 Å². The van der Waals surface area contributed by atoms with Crippen LogP contribution in [0.15, 0.2) is 23.0 Å². The van der Waals surface area contributed by atoms with Crippen LogP contribution in [0.3, 0.4) is 0 Å². The largest absolute Gasteiger partial charge is 0.319 e. The number of aromatic nitrogens is 2. The SMILES string of the molecule is CC1C[C@H]1CCCCCc1nc2ccc(F)cc2[nH]c1=O. The van der Waals surface area contributed by atoms with Crippen LogP contribution in [-0.2, 0) is 6.42 Å². The molecule has 1 heterocycles. The van der Waals surface area contributed by atoms with Crippen LogP contribution in [0.1, 0.15) is 44.7 Å². The van der Waals surface area contributed by atoms with Crippen molar-refractivity contribution in [2.45, 2.75) is 45.4 Å². The van der Waals surface area contributed by atoms with Gasteiger partial charge in [-0.15, -0.1) is 0 Å². The Bertz CT molecular complexity index is 695. The van der Waals surface area contributed by atoms with Crippen molar-refractivity contribution >= 4 is 11.0 Å². The van der Waals surface area contributed by atoms with Crippen molar-refractivity contribution in [2.75, 3.05) is 0 Å². The van der Waals surface area contributed by atoms with Crippen LogP contribution in [0.5, 0.6) is 0 Å². The first kappa shape index (κ1) is 14.2. The van der Waals surface area contributed by atoms with Gasteiger partial charge in [-0.1, -0.05) is 26.2 Å². The number of aryl methyl sites for hydroxylation is 1. The Balaban J connectivity index is 1.57. The number of aromatic amines is 1. The summed E-state index contributed by atoms with van der Waals surface area (Å²) >= 11 is 0. The van der Waals surface area contributed by atoms with E-state index in [1.807, 2.05) is 0 Å². The van der Waals surface area contributed by atoms with E-state index >= 15 is 0 Å². The molecule has 3 nitrogen and oxygen atoms in total. The number of nitrogens with zero attached hydrogens (tertiary/aromatic N) is 1.